The normalized spacial score (nSPS) is 16.3. The Kier molecular flexibility index (Phi) is 3.97. The van der Waals surface area contributed by atoms with Gasteiger partial charge in [0.15, 0.2) is 0 Å². The minimum absolute atomic E-state index is 0.0307. The molecule has 7 heteroatoms. The van der Waals surface area contributed by atoms with Crippen LogP contribution in [0.3, 0.4) is 0 Å². The molecule has 23 heavy (non-hydrogen) atoms. The third-order valence-corrected chi connectivity index (χ3v) is 3.82. The van der Waals surface area contributed by atoms with Crippen LogP contribution in [0.1, 0.15) is 41.7 Å². The minimum atomic E-state index is -4.73. The van der Waals surface area contributed by atoms with Gasteiger partial charge in [-0.2, -0.15) is 18.3 Å². The van der Waals surface area contributed by atoms with E-state index in [2.05, 4.69) is 5.10 Å². The Morgan fingerprint density at radius 2 is 1.91 bits per heavy atom. The lowest BCUT2D eigenvalue weighted by molar-refractivity contribution is -0.139. The van der Waals surface area contributed by atoms with Crippen LogP contribution in [0.15, 0.2) is 41.2 Å². The highest BCUT2D eigenvalue weighted by Crippen LogP contribution is 2.40. The van der Waals surface area contributed by atoms with Gasteiger partial charge in [0.25, 0.3) is 5.56 Å². The maximum atomic E-state index is 13.0. The van der Waals surface area contributed by atoms with Crippen LogP contribution in [-0.4, -0.2) is 14.9 Å². The van der Waals surface area contributed by atoms with Crippen molar-refractivity contribution >= 4 is 0 Å². The third kappa shape index (κ3) is 3.44. The monoisotopic (exact) mass is 324 g/mol. The van der Waals surface area contributed by atoms with E-state index < -0.39 is 23.4 Å². The number of benzene rings is 1. The molecule has 1 aromatic carbocycles. The van der Waals surface area contributed by atoms with Crippen LogP contribution in [0.2, 0.25) is 0 Å². The van der Waals surface area contributed by atoms with Crippen LogP contribution in [0, 0.1) is 0 Å². The first-order valence-corrected chi connectivity index (χ1v) is 7.28. The van der Waals surface area contributed by atoms with E-state index in [1.54, 1.807) is 30.3 Å². The van der Waals surface area contributed by atoms with Crippen LogP contribution in [0.5, 0.6) is 0 Å². The minimum Gasteiger partial charge on any atom is -0.386 e. The van der Waals surface area contributed by atoms with E-state index in [4.69, 9.17) is 0 Å². The van der Waals surface area contributed by atoms with E-state index in [1.165, 1.54) is 0 Å². The van der Waals surface area contributed by atoms with Crippen molar-refractivity contribution in [3.05, 3.63) is 63.6 Å². The average molecular weight is 324 g/mol. The van der Waals surface area contributed by atoms with Crippen molar-refractivity contribution in [1.29, 1.82) is 0 Å². The maximum Gasteiger partial charge on any atom is 0.421 e. The summed E-state index contributed by atoms with van der Waals surface area (Å²) < 4.78 is 39.9. The van der Waals surface area contributed by atoms with Gasteiger partial charge in [0, 0.05) is 5.92 Å². The van der Waals surface area contributed by atoms with Crippen LogP contribution < -0.4 is 5.56 Å². The van der Waals surface area contributed by atoms with Gasteiger partial charge in [-0.25, -0.2) is 4.68 Å². The summed E-state index contributed by atoms with van der Waals surface area (Å²) in [6, 6.07) is 9.30. The molecule has 1 aliphatic carbocycles. The molecular weight excluding hydrogens is 309 g/mol. The molecule has 1 aromatic heterocycles. The van der Waals surface area contributed by atoms with E-state index in [0.717, 1.165) is 23.6 Å². The van der Waals surface area contributed by atoms with E-state index >= 15 is 0 Å². The molecule has 1 unspecified atom stereocenters. The number of aliphatic hydroxyl groups excluding tert-OH is 1. The summed E-state index contributed by atoms with van der Waals surface area (Å²) >= 11 is 0. The van der Waals surface area contributed by atoms with E-state index in [1.807, 2.05) is 0 Å². The van der Waals surface area contributed by atoms with E-state index in [9.17, 15) is 23.1 Å². The number of hydrogen-bond acceptors (Lipinski definition) is 3. The van der Waals surface area contributed by atoms with Crippen LogP contribution in [0.4, 0.5) is 13.2 Å². The highest BCUT2D eigenvalue weighted by atomic mass is 19.4. The van der Waals surface area contributed by atoms with Crippen LogP contribution in [-0.2, 0) is 12.7 Å². The average Bonchev–Trinajstić information content (AvgIpc) is 3.33. The van der Waals surface area contributed by atoms with Crippen molar-refractivity contribution in [2.24, 2.45) is 0 Å². The molecule has 1 aliphatic rings. The van der Waals surface area contributed by atoms with Crippen molar-refractivity contribution in [2.45, 2.75) is 37.6 Å². The fraction of sp³-hybridized carbons (Fsp3) is 0.375. The molecule has 1 fully saturated rings. The van der Waals surface area contributed by atoms with Gasteiger partial charge >= 0.3 is 6.18 Å². The zero-order valence-corrected chi connectivity index (χ0v) is 12.1. The molecule has 2 aromatic rings. The first-order chi connectivity index (χ1) is 10.9. The number of aliphatic hydroxyl groups is 1. The second-order valence-electron chi connectivity index (χ2n) is 5.67. The molecule has 1 saturated carbocycles. The molecule has 1 heterocycles. The van der Waals surface area contributed by atoms with Gasteiger partial charge < -0.3 is 5.11 Å². The molecule has 3 rings (SSSR count). The summed E-state index contributed by atoms with van der Waals surface area (Å²) in [7, 11) is 0. The van der Waals surface area contributed by atoms with Crippen LogP contribution in [0.25, 0.3) is 0 Å². The predicted octanol–water partition coefficient (Wildman–Crippen LogP) is 2.87. The topological polar surface area (TPSA) is 55.1 Å². The SMILES string of the molecule is O=c1c(C(F)(F)F)cc(C2CC2)nn1CC(O)c1ccccc1. The van der Waals surface area contributed by atoms with Gasteiger partial charge in [-0.1, -0.05) is 30.3 Å². The molecular formula is C16H15F3N2O2. The van der Waals surface area contributed by atoms with Gasteiger partial charge in [-0.3, -0.25) is 4.79 Å². The quantitative estimate of drug-likeness (QED) is 0.941. The molecule has 0 bridgehead atoms. The number of alkyl halides is 3. The molecule has 0 amide bonds. The Morgan fingerprint density at radius 3 is 2.48 bits per heavy atom. The highest BCUT2D eigenvalue weighted by molar-refractivity contribution is 5.23. The summed E-state index contributed by atoms with van der Waals surface area (Å²) in [5.74, 6) is -0.0307. The van der Waals surface area contributed by atoms with Crippen LogP contribution >= 0.6 is 0 Å². The molecule has 1 N–H and O–H groups in total. The molecule has 0 aliphatic heterocycles. The lowest BCUT2D eigenvalue weighted by atomic mass is 10.1. The van der Waals surface area contributed by atoms with Crippen molar-refractivity contribution < 1.29 is 18.3 Å². The van der Waals surface area contributed by atoms with Gasteiger partial charge in [-0.05, 0) is 24.5 Å². The number of halogens is 3. The van der Waals surface area contributed by atoms with E-state index in [0.29, 0.717) is 5.56 Å². The summed E-state index contributed by atoms with van der Waals surface area (Å²) in [6.45, 7) is -0.313. The van der Waals surface area contributed by atoms with Crippen molar-refractivity contribution in [1.82, 2.24) is 9.78 Å². The maximum absolute atomic E-state index is 13.0. The van der Waals surface area contributed by atoms with E-state index in [-0.39, 0.29) is 18.2 Å². The van der Waals surface area contributed by atoms with Crippen molar-refractivity contribution in [2.75, 3.05) is 0 Å². The van der Waals surface area contributed by atoms with Gasteiger partial charge in [-0.15, -0.1) is 0 Å². The number of hydrogen-bond donors (Lipinski definition) is 1. The Morgan fingerprint density at radius 1 is 1.26 bits per heavy atom. The number of aromatic nitrogens is 2. The largest absolute Gasteiger partial charge is 0.421 e. The fourth-order valence-electron chi connectivity index (χ4n) is 2.41. The van der Waals surface area contributed by atoms with Crippen molar-refractivity contribution in [3.8, 4) is 0 Å². The Labute approximate surface area is 130 Å². The van der Waals surface area contributed by atoms with Crippen molar-refractivity contribution in [3.63, 3.8) is 0 Å². The van der Waals surface area contributed by atoms with Gasteiger partial charge in [0.2, 0.25) is 0 Å². The zero-order chi connectivity index (χ0) is 16.6. The molecule has 122 valence electrons. The Balaban J connectivity index is 1.98. The molecule has 0 radical (unpaired) electrons. The number of nitrogens with zero attached hydrogens (tertiary/aromatic N) is 2. The first kappa shape index (κ1) is 15.7. The summed E-state index contributed by atoms with van der Waals surface area (Å²) in [5, 5.41) is 14.2. The first-order valence-electron chi connectivity index (χ1n) is 7.28. The second-order valence-corrected chi connectivity index (χ2v) is 5.67. The molecule has 0 saturated heterocycles. The summed E-state index contributed by atoms with van der Waals surface area (Å²) in [5.41, 5.74) is -1.67. The lowest BCUT2D eigenvalue weighted by Gasteiger charge is -2.15. The molecule has 0 spiro atoms. The standard InChI is InChI=1S/C16H15F3N2O2/c17-16(18,19)12-8-13(10-6-7-10)20-21(15(12)23)9-14(22)11-4-2-1-3-5-11/h1-5,8,10,14,22H,6-7,9H2. The summed E-state index contributed by atoms with van der Waals surface area (Å²) in [4.78, 5) is 12.0. The zero-order valence-electron chi connectivity index (χ0n) is 12.1. The van der Waals surface area contributed by atoms with Gasteiger partial charge in [0.05, 0.1) is 18.3 Å². The molecule has 4 nitrogen and oxygen atoms in total. The number of rotatable bonds is 4. The highest BCUT2D eigenvalue weighted by Gasteiger charge is 2.37. The second kappa shape index (κ2) is 5.81. The summed E-state index contributed by atoms with van der Waals surface area (Å²) in [6.07, 6.45) is -4.30. The Hall–Kier alpha value is -2.15. The van der Waals surface area contributed by atoms with Gasteiger partial charge in [0.1, 0.15) is 5.56 Å². The smallest absolute Gasteiger partial charge is 0.386 e. The third-order valence-electron chi connectivity index (χ3n) is 3.82. The fourth-order valence-corrected chi connectivity index (χ4v) is 2.41. The Bertz CT molecular complexity index is 752. The lowest BCUT2D eigenvalue weighted by Crippen LogP contribution is -2.33. The molecule has 1 atom stereocenters. The predicted molar refractivity (Wildman–Crippen MR) is 76.9 cm³/mol.